The zero-order chi connectivity index (χ0) is 23.3. The standard InChI is InChI=1S/C25H21N5O3S/c1-31-20-13-11-19(12-14-20)30-24(18-9-6-10-21(15-18)32-2)27-28-25(30)34-16-22-26-23(29-33-22)17-7-4-3-5-8-17/h3-15H,16H2,1-2H3. The van der Waals surface area contributed by atoms with E-state index in [0.29, 0.717) is 28.4 Å². The Kier molecular flexibility index (Phi) is 6.26. The van der Waals surface area contributed by atoms with Crippen molar-refractivity contribution < 1.29 is 14.0 Å². The summed E-state index contributed by atoms with van der Waals surface area (Å²) >= 11 is 1.47. The minimum Gasteiger partial charge on any atom is -0.497 e. The molecule has 3 aromatic carbocycles. The van der Waals surface area contributed by atoms with Gasteiger partial charge in [0, 0.05) is 16.8 Å². The molecule has 0 saturated carbocycles. The fraction of sp³-hybridized carbons (Fsp3) is 0.120. The van der Waals surface area contributed by atoms with Gasteiger partial charge in [-0.25, -0.2) is 0 Å². The quantitative estimate of drug-likeness (QED) is 0.282. The Bertz CT molecular complexity index is 1380. The lowest BCUT2D eigenvalue weighted by Crippen LogP contribution is -2.00. The van der Waals surface area contributed by atoms with Gasteiger partial charge in [0.2, 0.25) is 11.7 Å². The minimum absolute atomic E-state index is 0.451. The molecule has 170 valence electrons. The van der Waals surface area contributed by atoms with Crippen molar-refractivity contribution in [3.63, 3.8) is 0 Å². The lowest BCUT2D eigenvalue weighted by molar-refractivity contribution is 0.391. The van der Waals surface area contributed by atoms with E-state index in [1.807, 2.05) is 83.4 Å². The molecule has 0 amide bonds. The fourth-order valence-corrected chi connectivity index (χ4v) is 4.21. The average molecular weight is 472 g/mol. The molecule has 9 heteroatoms. The molecule has 0 aliphatic rings. The van der Waals surface area contributed by atoms with Crippen LogP contribution in [0.15, 0.2) is 88.5 Å². The zero-order valence-electron chi connectivity index (χ0n) is 18.6. The molecule has 2 aromatic heterocycles. The van der Waals surface area contributed by atoms with Gasteiger partial charge < -0.3 is 14.0 Å². The third-order valence-corrected chi connectivity index (χ3v) is 6.03. The largest absolute Gasteiger partial charge is 0.497 e. The number of methoxy groups -OCH3 is 2. The van der Waals surface area contributed by atoms with E-state index in [4.69, 9.17) is 14.0 Å². The minimum atomic E-state index is 0.451. The second kappa shape index (κ2) is 9.80. The molecule has 34 heavy (non-hydrogen) atoms. The predicted molar refractivity (Wildman–Crippen MR) is 129 cm³/mol. The van der Waals surface area contributed by atoms with Crippen molar-refractivity contribution in [2.24, 2.45) is 0 Å². The molecule has 2 heterocycles. The molecule has 0 saturated heterocycles. The first-order valence-corrected chi connectivity index (χ1v) is 11.5. The van der Waals surface area contributed by atoms with E-state index in [-0.39, 0.29) is 0 Å². The van der Waals surface area contributed by atoms with Crippen molar-refractivity contribution in [1.29, 1.82) is 0 Å². The number of hydrogen-bond donors (Lipinski definition) is 0. The molecule has 0 aliphatic heterocycles. The molecule has 5 aromatic rings. The van der Waals surface area contributed by atoms with Gasteiger partial charge in [0.25, 0.3) is 0 Å². The fourth-order valence-electron chi connectivity index (χ4n) is 3.42. The molecule has 0 N–H and O–H groups in total. The van der Waals surface area contributed by atoms with Gasteiger partial charge in [-0.15, -0.1) is 10.2 Å². The van der Waals surface area contributed by atoms with Crippen molar-refractivity contribution in [1.82, 2.24) is 24.9 Å². The van der Waals surface area contributed by atoms with Gasteiger partial charge in [0.1, 0.15) is 11.5 Å². The average Bonchev–Trinajstić information content (AvgIpc) is 3.55. The Hall–Kier alpha value is -4.11. The number of rotatable bonds is 8. The van der Waals surface area contributed by atoms with E-state index >= 15 is 0 Å². The Balaban J connectivity index is 1.47. The number of benzene rings is 3. The van der Waals surface area contributed by atoms with Crippen LogP contribution in [-0.2, 0) is 5.75 Å². The van der Waals surface area contributed by atoms with E-state index in [0.717, 1.165) is 28.3 Å². The van der Waals surface area contributed by atoms with Gasteiger partial charge in [-0.2, -0.15) is 4.98 Å². The summed E-state index contributed by atoms with van der Waals surface area (Å²) in [5.41, 5.74) is 2.70. The second-order valence-electron chi connectivity index (χ2n) is 7.24. The molecular formula is C25H21N5O3S. The molecule has 0 aliphatic carbocycles. The highest BCUT2D eigenvalue weighted by Crippen LogP contribution is 2.31. The third-order valence-electron chi connectivity index (χ3n) is 5.12. The Morgan fingerprint density at radius 1 is 0.824 bits per heavy atom. The van der Waals surface area contributed by atoms with E-state index in [1.165, 1.54) is 11.8 Å². The highest BCUT2D eigenvalue weighted by molar-refractivity contribution is 7.98. The SMILES string of the molecule is COc1ccc(-n2c(SCc3nc(-c4ccccc4)no3)nnc2-c2cccc(OC)c2)cc1. The molecule has 0 radical (unpaired) electrons. The Morgan fingerprint density at radius 2 is 1.59 bits per heavy atom. The summed E-state index contributed by atoms with van der Waals surface area (Å²) in [6.07, 6.45) is 0. The zero-order valence-corrected chi connectivity index (χ0v) is 19.4. The van der Waals surface area contributed by atoms with Gasteiger partial charge in [-0.3, -0.25) is 4.57 Å². The topological polar surface area (TPSA) is 88.1 Å². The first-order valence-electron chi connectivity index (χ1n) is 10.5. The molecule has 8 nitrogen and oxygen atoms in total. The monoisotopic (exact) mass is 471 g/mol. The summed E-state index contributed by atoms with van der Waals surface area (Å²) in [4.78, 5) is 4.52. The van der Waals surface area contributed by atoms with Crippen LogP contribution < -0.4 is 9.47 Å². The van der Waals surface area contributed by atoms with Gasteiger partial charge in [-0.1, -0.05) is 59.4 Å². The van der Waals surface area contributed by atoms with Crippen LogP contribution in [-0.4, -0.2) is 39.1 Å². The molecule has 0 atom stereocenters. The van der Waals surface area contributed by atoms with Crippen molar-refractivity contribution in [3.8, 4) is 40.0 Å². The normalized spacial score (nSPS) is 10.9. The van der Waals surface area contributed by atoms with Crippen LogP contribution in [0.3, 0.4) is 0 Å². The maximum absolute atomic E-state index is 5.47. The lowest BCUT2D eigenvalue weighted by atomic mass is 10.2. The summed E-state index contributed by atoms with van der Waals surface area (Å²) in [5, 5.41) is 13.7. The Morgan fingerprint density at radius 3 is 2.35 bits per heavy atom. The molecule has 0 unspecified atom stereocenters. The number of ether oxygens (including phenoxy) is 2. The highest BCUT2D eigenvalue weighted by Gasteiger charge is 2.18. The van der Waals surface area contributed by atoms with Crippen LogP contribution in [0.4, 0.5) is 0 Å². The van der Waals surface area contributed by atoms with Crippen LogP contribution in [0, 0.1) is 0 Å². The van der Waals surface area contributed by atoms with Crippen molar-refractivity contribution in [2.45, 2.75) is 10.9 Å². The van der Waals surface area contributed by atoms with Crippen molar-refractivity contribution in [3.05, 3.63) is 84.8 Å². The lowest BCUT2D eigenvalue weighted by Gasteiger charge is -2.11. The van der Waals surface area contributed by atoms with Crippen molar-refractivity contribution in [2.75, 3.05) is 14.2 Å². The number of thioether (sulfide) groups is 1. The predicted octanol–water partition coefficient (Wildman–Crippen LogP) is 5.29. The summed E-state index contributed by atoms with van der Waals surface area (Å²) in [7, 11) is 3.29. The summed E-state index contributed by atoms with van der Waals surface area (Å²) in [5.74, 6) is 3.73. The molecule has 0 spiro atoms. The van der Waals surface area contributed by atoms with Crippen molar-refractivity contribution >= 4 is 11.8 Å². The van der Waals surface area contributed by atoms with E-state index < -0.39 is 0 Å². The second-order valence-corrected chi connectivity index (χ2v) is 8.18. The maximum Gasteiger partial charge on any atom is 0.237 e. The van der Waals surface area contributed by atoms with Crippen LogP contribution in [0.1, 0.15) is 5.89 Å². The van der Waals surface area contributed by atoms with Gasteiger partial charge in [0.15, 0.2) is 11.0 Å². The molecule has 0 fully saturated rings. The molecule has 0 bridgehead atoms. The molecule has 5 rings (SSSR count). The van der Waals surface area contributed by atoms with Crippen LogP contribution in [0.25, 0.3) is 28.5 Å². The van der Waals surface area contributed by atoms with Gasteiger partial charge >= 0.3 is 0 Å². The summed E-state index contributed by atoms with van der Waals surface area (Å²) in [6, 6.07) is 25.2. The first-order chi connectivity index (χ1) is 16.7. The number of aromatic nitrogens is 5. The smallest absolute Gasteiger partial charge is 0.237 e. The van der Waals surface area contributed by atoms with Crippen LogP contribution in [0.2, 0.25) is 0 Å². The summed E-state index contributed by atoms with van der Waals surface area (Å²) < 4.78 is 18.2. The highest BCUT2D eigenvalue weighted by atomic mass is 32.2. The third kappa shape index (κ3) is 4.51. The van der Waals surface area contributed by atoms with Gasteiger partial charge in [-0.05, 0) is 36.4 Å². The first kappa shape index (κ1) is 21.7. The summed E-state index contributed by atoms with van der Waals surface area (Å²) in [6.45, 7) is 0. The Labute approximate surface area is 200 Å². The van der Waals surface area contributed by atoms with Crippen LogP contribution in [0.5, 0.6) is 11.5 Å². The number of nitrogens with zero attached hydrogens (tertiary/aromatic N) is 5. The van der Waals surface area contributed by atoms with Crippen LogP contribution >= 0.6 is 11.8 Å². The van der Waals surface area contributed by atoms with Gasteiger partial charge in [0.05, 0.1) is 20.0 Å². The maximum atomic E-state index is 5.47. The van der Waals surface area contributed by atoms with E-state index in [9.17, 15) is 0 Å². The number of hydrogen-bond acceptors (Lipinski definition) is 8. The molecular weight excluding hydrogens is 450 g/mol. The van der Waals surface area contributed by atoms with E-state index in [2.05, 4.69) is 20.3 Å². The van der Waals surface area contributed by atoms with E-state index in [1.54, 1.807) is 14.2 Å².